The van der Waals surface area contributed by atoms with E-state index in [-0.39, 0.29) is 11.2 Å². The monoisotopic (exact) mass is 283 g/mol. The summed E-state index contributed by atoms with van der Waals surface area (Å²) in [4.78, 5) is 14.4. The third-order valence-electron chi connectivity index (χ3n) is 3.16. The second kappa shape index (κ2) is 7.01. The molecule has 0 spiro atoms. The third kappa shape index (κ3) is 4.01. The number of morpholine rings is 1. The fourth-order valence-corrected chi connectivity index (χ4v) is 3.26. The largest absolute Gasteiger partial charge is 0.468 e. The normalized spacial score (nSPS) is 17.7. The molecule has 1 fully saturated rings. The van der Waals surface area contributed by atoms with Crippen LogP contribution in [0.15, 0.2) is 22.8 Å². The molecule has 4 nitrogen and oxygen atoms in total. The molecule has 5 heteroatoms. The van der Waals surface area contributed by atoms with Gasteiger partial charge in [-0.2, -0.15) is 0 Å². The minimum Gasteiger partial charge on any atom is -0.468 e. The van der Waals surface area contributed by atoms with Gasteiger partial charge in [-0.1, -0.05) is 13.8 Å². The summed E-state index contributed by atoms with van der Waals surface area (Å²) < 4.78 is 10.6. The maximum Gasteiger partial charge on any atom is 0.236 e. The molecule has 1 atom stereocenters. The first-order valence-corrected chi connectivity index (χ1v) is 7.74. The van der Waals surface area contributed by atoms with Gasteiger partial charge in [0.2, 0.25) is 5.91 Å². The van der Waals surface area contributed by atoms with Crippen LogP contribution in [0.4, 0.5) is 0 Å². The fourth-order valence-electron chi connectivity index (χ4n) is 2.08. The number of ether oxygens (including phenoxy) is 1. The lowest BCUT2D eigenvalue weighted by Gasteiger charge is -2.31. The zero-order valence-corrected chi connectivity index (χ0v) is 12.3. The summed E-state index contributed by atoms with van der Waals surface area (Å²) >= 11 is 1.66. The molecule has 1 amide bonds. The third-order valence-corrected chi connectivity index (χ3v) is 4.71. The van der Waals surface area contributed by atoms with E-state index in [1.807, 2.05) is 17.0 Å². The Kier molecular flexibility index (Phi) is 5.34. The van der Waals surface area contributed by atoms with Crippen LogP contribution in [0.2, 0.25) is 0 Å². The summed E-state index contributed by atoms with van der Waals surface area (Å²) in [5.74, 6) is 2.21. The molecule has 2 heterocycles. The van der Waals surface area contributed by atoms with Crippen LogP contribution in [-0.4, -0.2) is 42.4 Å². The van der Waals surface area contributed by atoms with Crippen molar-refractivity contribution in [3.8, 4) is 0 Å². The second-order valence-corrected chi connectivity index (χ2v) is 6.12. The van der Waals surface area contributed by atoms with Crippen LogP contribution in [0.25, 0.3) is 0 Å². The highest BCUT2D eigenvalue weighted by Crippen LogP contribution is 2.26. The van der Waals surface area contributed by atoms with Crippen LogP contribution < -0.4 is 0 Å². The van der Waals surface area contributed by atoms with Gasteiger partial charge in [0.25, 0.3) is 0 Å². The van der Waals surface area contributed by atoms with E-state index < -0.39 is 0 Å². The van der Waals surface area contributed by atoms with E-state index in [1.165, 1.54) is 0 Å². The lowest BCUT2D eigenvalue weighted by molar-refractivity contribution is -0.135. The molecular weight excluding hydrogens is 262 g/mol. The average molecular weight is 283 g/mol. The average Bonchev–Trinajstić information content (AvgIpc) is 2.92. The van der Waals surface area contributed by atoms with Gasteiger partial charge in [-0.3, -0.25) is 4.79 Å². The first-order valence-electron chi connectivity index (χ1n) is 6.69. The molecule has 0 bridgehead atoms. The Hall–Kier alpha value is -0.940. The van der Waals surface area contributed by atoms with Crippen LogP contribution in [0, 0.1) is 5.92 Å². The quantitative estimate of drug-likeness (QED) is 0.832. The van der Waals surface area contributed by atoms with Crippen LogP contribution >= 0.6 is 11.8 Å². The lowest BCUT2D eigenvalue weighted by Crippen LogP contribution is -2.46. The van der Waals surface area contributed by atoms with Crippen molar-refractivity contribution in [2.75, 3.05) is 26.3 Å². The van der Waals surface area contributed by atoms with Gasteiger partial charge in [-0.15, -0.1) is 11.8 Å². The molecule has 106 valence electrons. The summed E-state index contributed by atoms with van der Waals surface area (Å²) in [5, 5.41) is -0.0109. The molecule has 0 saturated carbocycles. The Morgan fingerprint density at radius 2 is 2.16 bits per heavy atom. The van der Waals surface area contributed by atoms with Crippen LogP contribution in [-0.2, 0) is 15.3 Å². The highest BCUT2D eigenvalue weighted by atomic mass is 32.2. The number of furan rings is 1. The Bertz CT molecular complexity index is 385. The minimum atomic E-state index is -0.0109. The van der Waals surface area contributed by atoms with E-state index in [1.54, 1.807) is 18.0 Å². The smallest absolute Gasteiger partial charge is 0.236 e. The molecule has 1 aromatic heterocycles. The Morgan fingerprint density at radius 3 is 2.74 bits per heavy atom. The number of amides is 1. The van der Waals surface area contributed by atoms with Crippen molar-refractivity contribution in [2.24, 2.45) is 5.92 Å². The molecule has 2 rings (SSSR count). The van der Waals surface area contributed by atoms with Crippen molar-refractivity contribution in [3.63, 3.8) is 0 Å². The maximum atomic E-state index is 12.5. The Morgan fingerprint density at radius 1 is 1.42 bits per heavy atom. The molecule has 1 aliphatic heterocycles. The molecular formula is C14H21NO3S. The van der Waals surface area contributed by atoms with Gasteiger partial charge < -0.3 is 14.1 Å². The van der Waals surface area contributed by atoms with Gasteiger partial charge in [0.15, 0.2) is 0 Å². The number of carbonyl (C=O) groups is 1. The van der Waals surface area contributed by atoms with Gasteiger partial charge in [0.05, 0.1) is 30.5 Å². The molecule has 0 aromatic carbocycles. The predicted molar refractivity (Wildman–Crippen MR) is 76.0 cm³/mol. The fraction of sp³-hybridized carbons (Fsp3) is 0.643. The van der Waals surface area contributed by atoms with Crippen LogP contribution in [0.1, 0.15) is 19.6 Å². The summed E-state index contributed by atoms with van der Waals surface area (Å²) in [7, 11) is 0. The standard InChI is InChI=1S/C14H21NO3S/c1-11(2)13(19-10-12-4-3-7-18-12)14(16)15-5-8-17-9-6-15/h3-4,7,11,13H,5-6,8-10H2,1-2H3/t13-/m0/s1. The van der Waals surface area contributed by atoms with E-state index in [0.717, 1.165) is 11.5 Å². The number of hydrogen-bond acceptors (Lipinski definition) is 4. The summed E-state index contributed by atoms with van der Waals surface area (Å²) in [6.07, 6.45) is 1.67. The predicted octanol–water partition coefficient (Wildman–Crippen LogP) is 2.40. The summed E-state index contributed by atoms with van der Waals surface area (Å²) in [6, 6.07) is 3.83. The lowest BCUT2D eigenvalue weighted by atomic mass is 10.1. The first kappa shape index (κ1) is 14.5. The number of hydrogen-bond donors (Lipinski definition) is 0. The van der Waals surface area contributed by atoms with Crippen molar-refractivity contribution in [1.29, 1.82) is 0 Å². The molecule has 0 aliphatic carbocycles. The zero-order chi connectivity index (χ0) is 13.7. The van der Waals surface area contributed by atoms with Gasteiger partial charge in [-0.25, -0.2) is 0 Å². The van der Waals surface area contributed by atoms with E-state index in [0.29, 0.717) is 32.2 Å². The molecule has 0 radical (unpaired) electrons. The van der Waals surface area contributed by atoms with Gasteiger partial charge in [-0.05, 0) is 18.1 Å². The highest BCUT2D eigenvalue weighted by Gasteiger charge is 2.28. The van der Waals surface area contributed by atoms with Crippen molar-refractivity contribution >= 4 is 17.7 Å². The molecule has 0 N–H and O–H groups in total. The summed E-state index contributed by atoms with van der Waals surface area (Å²) in [5.41, 5.74) is 0. The van der Waals surface area contributed by atoms with Crippen molar-refractivity contribution in [1.82, 2.24) is 4.90 Å². The van der Waals surface area contributed by atoms with Crippen LogP contribution in [0.3, 0.4) is 0 Å². The number of carbonyl (C=O) groups excluding carboxylic acids is 1. The minimum absolute atomic E-state index is 0.0109. The SMILES string of the molecule is CC(C)[C@H](SCc1ccco1)C(=O)N1CCOCC1. The Balaban J connectivity index is 1.92. The topological polar surface area (TPSA) is 42.7 Å². The number of thioether (sulfide) groups is 1. The molecule has 1 saturated heterocycles. The van der Waals surface area contributed by atoms with E-state index >= 15 is 0 Å². The highest BCUT2D eigenvalue weighted by molar-refractivity contribution is 7.99. The van der Waals surface area contributed by atoms with Crippen molar-refractivity contribution in [2.45, 2.75) is 24.9 Å². The zero-order valence-electron chi connectivity index (χ0n) is 11.5. The van der Waals surface area contributed by atoms with E-state index in [9.17, 15) is 4.79 Å². The molecule has 1 aliphatic rings. The first-order chi connectivity index (χ1) is 9.18. The van der Waals surface area contributed by atoms with Gasteiger partial charge in [0, 0.05) is 13.1 Å². The Labute approximate surface area is 118 Å². The van der Waals surface area contributed by atoms with E-state index in [2.05, 4.69) is 13.8 Å². The van der Waals surface area contributed by atoms with Gasteiger partial charge in [0.1, 0.15) is 5.76 Å². The van der Waals surface area contributed by atoms with Crippen molar-refractivity contribution < 1.29 is 13.9 Å². The van der Waals surface area contributed by atoms with Crippen molar-refractivity contribution in [3.05, 3.63) is 24.2 Å². The van der Waals surface area contributed by atoms with Crippen LogP contribution in [0.5, 0.6) is 0 Å². The number of rotatable bonds is 5. The van der Waals surface area contributed by atoms with E-state index in [4.69, 9.17) is 9.15 Å². The second-order valence-electron chi connectivity index (χ2n) is 4.99. The van der Waals surface area contributed by atoms with Gasteiger partial charge >= 0.3 is 0 Å². The number of nitrogens with zero attached hydrogens (tertiary/aromatic N) is 1. The maximum absolute atomic E-state index is 12.5. The molecule has 19 heavy (non-hydrogen) atoms. The summed E-state index contributed by atoms with van der Waals surface area (Å²) in [6.45, 7) is 6.92. The molecule has 1 aromatic rings. The molecule has 0 unspecified atom stereocenters.